The lowest BCUT2D eigenvalue weighted by molar-refractivity contribution is 0.243. The van der Waals surface area contributed by atoms with Gasteiger partial charge < -0.3 is 14.6 Å². The van der Waals surface area contributed by atoms with Crippen molar-refractivity contribution in [3.8, 4) is 5.75 Å². The van der Waals surface area contributed by atoms with Crippen LogP contribution in [0, 0.1) is 0 Å². The molecule has 0 aliphatic rings. The van der Waals surface area contributed by atoms with Crippen LogP contribution in [-0.2, 0) is 17.1 Å². The van der Waals surface area contributed by atoms with Crippen LogP contribution in [-0.4, -0.2) is 29.1 Å². The standard InChI is InChI=1S/C18H19N5O3S2/c1-10(2)26-14-6-4-11(28(19,24)25)8-13(14)21-18-22-16-15(27-18)7-5-12-17(16)23(3)9-20-12/h4-10H,1-3H3,(H,21,22)(H2,19,24,25). The van der Waals surface area contributed by atoms with E-state index in [4.69, 9.17) is 14.9 Å². The lowest BCUT2D eigenvalue weighted by Crippen LogP contribution is -2.13. The molecule has 0 saturated heterocycles. The number of fused-ring (bicyclic) bond motifs is 3. The molecule has 0 atom stereocenters. The molecule has 2 aromatic heterocycles. The monoisotopic (exact) mass is 417 g/mol. The second kappa shape index (κ2) is 6.73. The molecule has 0 fully saturated rings. The SMILES string of the molecule is CC(C)Oc1ccc(S(N)(=O)=O)cc1Nc1nc2c(ccc3ncn(C)c32)s1. The first-order valence-electron chi connectivity index (χ1n) is 8.53. The minimum Gasteiger partial charge on any atom is -0.489 e. The van der Waals surface area contributed by atoms with Crippen molar-refractivity contribution >= 4 is 53.4 Å². The molecule has 0 aliphatic carbocycles. The Bertz CT molecular complexity index is 1290. The number of aromatic nitrogens is 3. The first-order chi connectivity index (χ1) is 13.2. The fraction of sp³-hybridized carbons (Fsp3) is 0.222. The summed E-state index contributed by atoms with van der Waals surface area (Å²) in [7, 11) is -1.92. The van der Waals surface area contributed by atoms with Crippen molar-refractivity contribution in [1.29, 1.82) is 0 Å². The smallest absolute Gasteiger partial charge is 0.238 e. The molecule has 10 heteroatoms. The van der Waals surface area contributed by atoms with Crippen LogP contribution in [0.15, 0.2) is 41.6 Å². The molecule has 28 heavy (non-hydrogen) atoms. The van der Waals surface area contributed by atoms with Gasteiger partial charge in [-0.3, -0.25) is 0 Å². The number of rotatable bonds is 5. The van der Waals surface area contributed by atoms with Crippen molar-refractivity contribution < 1.29 is 13.2 Å². The third-order valence-corrected chi connectivity index (χ3v) is 5.97. The highest BCUT2D eigenvalue weighted by Crippen LogP contribution is 2.36. The van der Waals surface area contributed by atoms with Gasteiger partial charge in [-0.1, -0.05) is 11.3 Å². The van der Waals surface area contributed by atoms with Crippen LogP contribution in [0.5, 0.6) is 5.75 Å². The second-order valence-corrected chi connectivity index (χ2v) is 9.24. The van der Waals surface area contributed by atoms with E-state index in [9.17, 15) is 8.42 Å². The van der Waals surface area contributed by atoms with E-state index in [-0.39, 0.29) is 11.0 Å². The normalized spacial score (nSPS) is 12.2. The van der Waals surface area contributed by atoms with Crippen molar-refractivity contribution in [1.82, 2.24) is 14.5 Å². The molecular weight excluding hydrogens is 398 g/mol. The van der Waals surface area contributed by atoms with Gasteiger partial charge in [-0.15, -0.1) is 0 Å². The molecule has 0 spiro atoms. The van der Waals surface area contributed by atoms with Crippen LogP contribution in [0.1, 0.15) is 13.8 Å². The number of ether oxygens (including phenoxy) is 1. The Balaban J connectivity index is 1.81. The van der Waals surface area contributed by atoms with Gasteiger partial charge >= 0.3 is 0 Å². The quantitative estimate of drug-likeness (QED) is 0.515. The van der Waals surface area contributed by atoms with E-state index < -0.39 is 10.0 Å². The predicted octanol–water partition coefficient (Wildman–Crippen LogP) is 3.36. The van der Waals surface area contributed by atoms with E-state index >= 15 is 0 Å². The largest absolute Gasteiger partial charge is 0.489 e. The number of nitrogens with two attached hydrogens (primary N) is 1. The lowest BCUT2D eigenvalue weighted by atomic mass is 10.3. The lowest BCUT2D eigenvalue weighted by Gasteiger charge is -2.15. The molecule has 0 unspecified atom stereocenters. The van der Waals surface area contributed by atoms with E-state index in [2.05, 4.69) is 10.3 Å². The average molecular weight is 418 g/mol. The van der Waals surface area contributed by atoms with Crippen LogP contribution < -0.4 is 15.2 Å². The first-order valence-corrected chi connectivity index (χ1v) is 10.9. The van der Waals surface area contributed by atoms with Gasteiger partial charge in [0.15, 0.2) is 5.13 Å². The van der Waals surface area contributed by atoms with Gasteiger partial charge in [-0.2, -0.15) is 0 Å². The van der Waals surface area contributed by atoms with Crippen LogP contribution in [0.25, 0.3) is 21.3 Å². The molecular formula is C18H19N5O3S2. The van der Waals surface area contributed by atoms with Gasteiger partial charge in [0.05, 0.1) is 38.7 Å². The van der Waals surface area contributed by atoms with E-state index in [1.54, 1.807) is 12.4 Å². The molecule has 3 N–H and O–H groups in total. The third-order valence-electron chi connectivity index (χ3n) is 4.12. The molecule has 146 valence electrons. The van der Waals surface area contributed by atoms with E-state index in [1.807, 2.05) is 37.6 Å². The number of aryl methyl sites for hydroxylation is 1. The maximum Gasteiger partial charge on any atom is 0.238 e. The molecule has 4 rings (SSSR count). The molecule has 0 amide bonds. The number of sulfonamides is 1. The van der Waals surface area contributed by atoms with Crippen LogP contribution in [0.2, 0.25) is 0 Å². The van der Waals surface area contributed by atoms with Gasteiger partial charge in [0.1, 0.15) is 11.3 Å². The molecule has 0 radical (unpaired) electrons. The molecule has 4 aromatic rings. The van der Waals surface area contributed by atoms with Crippen LogP contribution >= 0.6 is 11.3 Å². The zero-order valence-electron chi connectivity index (χ0n) is 15.5. The third kappa shape index (κ3) is 3.41. The van der Waals surface area contributed by atoms with Crippen LogP contribution in [0.4, 0.5) is 10.8 Å². The maximum atomic E-state index is 11.8. The van der Waals surface area contributed by atoms with Crippen molar-refractivity contribution in [3.05, 3.63) is 36.7 Å². The zero-order valence-corrected chi connectivity index (χ0v) is 17.1. The summed E-state index contributed by atoms with van der Waals surface area (Å²) in [5, 5.41) is 9.08. The van der Waals surface area contributed by atoms with Gasteiger partial charge in [-0.05, 0) is 44.2 Å². The number of anilines is 2. The van der Waals surface area contributed by atoms with Gasteiger partial charge in [-0.25, -0.2) is 23.5 Å². The Morgan fingerprint density at radius 1 is 1.25 bits per heavy atom. The van der Waals surface area contributed by atoms with Gasteiger partial charge in [0.25, 0.3) is 0 Å². The minimum atomic E-state index is -3.84. The second-order valence-electron chi connectivity index (χ2n) is 6.65. The highest BCUT2D eigenvalue weighted by Gasteiger charge is 2.16. The van der Waals surface area contributed by atoms with Crippen molar-refractivity contribution in [2.75, 3.05) is 5.32 Å². The molecule has 0 aliphatic heterocycles. The van der Waals surface area contributed by atoms with E-state index in [0.29, 0.717) is 16.6 Å². The highest BCUT2D eigenvalue weighted by molar-refractivity contribution is 7.89. The fourth-order valence-corrected chi connectivity index (χ4v) is 4.36. The van der Waals surface area contributed by atoms with Crippen molar-refractivity contribution in [2.24, 2.45) is 12.2 Å². The number of hydrogen-bond donors (Lipinski definition) is 2. The molecule has 2 heterocycles. The van der Waals surface area contributed by atoms with Gasteiger partial charge in [0, 0.05) is 7.05 Å². The Morgan fingerprint density at radius 3 is 2.75 bits per heavy atom. The van der Waals surface area contributed by atoms with Crippen molar-refractivity contribution in [2.45, 2.75) is 24.8 Å². The Hall–Kier alpha value is -2.69. The molecule has 8 nitrogen and oxygen atoms in total. The van der Waals surface area contributed by atoms with Gasteiger partial charge in [0.2, 0.25) is 10.0 Å². The Labute approximate surface area is 166 Å². The molecule has 0 bridgehead atoms. The average Bonchev–Trinajstić information content (AvgIpc) is 3.18. The number of benzene rings is 2. The summed E-state index contributed by atoms with van der Waals surface area (Å²) in [4.78, 5) is 9.05. The summed E-state index contributed by atoms with van der Waals surface area (Å²) in [5.41, 5.74) is 3.13. The minimum absolute atomic E-state index is 0.00115. The number of nitrogens with zero attached hydrogens (tertiary/aromatic N) is 3. The van der Waals surface area contributed by atoms with E-state index in [1.165, 1.54) is 23.5 Å². The topological polar surface area (TPSA) is 112 Å². The Morgan fingerprint density at radius 2 is 2.04 bits per heavy atom. The number of thiazole rings is 1. The first kappa shape index (κ1) is 18.7. The number of hydrogen-bond acceptors (Lipinski definition) is 7. The summed E-state index contributed by atoms with van der Waals surface area (Å²) in [5.74, 6) is 0.521. The predicted molar refractivity (Wildman–Crippen MR) is 111 cm³/mol. The summed E-state index contributed by atoms with van der Waals surface area (Å²) in [6.45, 7) is 3.79. The summed E-state index contributed by atoms with van der Waals surface area (Å²) >= 11 is 1.46. The summed E-state index contributed by atoms with van der Waals surface area (Å²) in [6.07, 6.45) is 1.67. The number of primary sulfonamides is 1. The summed E-state index contributed by atoms with van der Waals surface area (Å²) < 4.78 is 32.2. The van der Waals surface area contributed by atoms with E-state index in [0.717, 1.165) is 21.3 Å². The number of nitrogens with one attached hydrogen (secondary N) is 1. The zero-order chi connectivity index (χ0) is 20.1. The number of imidazole rings is 1. The van der Waals surface area contributed by atoms with Crippen LogP contribution in [0.3, 0.4) is 0 Å². The molecule has 0 saturated carbocycles. The maximum absolute atomic E-state index is 11.8. The summed E-state index contributed by atoms with van der Waals surface area (Å²) in [6, 6.07) is 8.40. The Kier molecular flexibility index (Phi) is 4.48. The molecule has 2 aromatic carbocycles. The highest BCUT2D eigenvalue weighted by atomic mass is 32.2. The van der Waals surface area contributed by atoms with Crippen molar-refractivity contribution in [3.63, 3.8) is 0 Å². The fourth-order valence-electron chi connectivity index (χ4n) is 2.94.